The molecule has 3 atom stereocenters. The lowest BCUT2D eigenvalue weighted by molar-refractivity contribution is 0.113. The van der Waals surface area contributed by atoms with Crippen LogP contribution in [-0.2, 0) is 6.42 Å². The number of fused-ring (bicyclic) bond motifs is 1. The number of rotatable bonds is 9. The normalized spacial score (nSPS) is 16.4. The minimum Gasteiger partial charge on any atom is -0.493 e. The van der Waals surface area contributed by atoms with Gasteiger partial charge in [-0.2, -0.15) is 0 Å². The summed E-state index contributed by atoms with van der Waals surface area (Å²) in [6, 6.07) is 16.9. The summed E-state index contributed by atoms with van der Waals surface area (Å²) in [5.74, 6) is 0.0391. The maximum absolute atomic E-state index is 13.8. The van der Waals surface area contributed by atoms with Crippen molar-refractivity contribution in [1.82, 2.24) is 10.6 Å². The molecule has 3 aromatic carbocycles. The summed E-state index contributed by atoms with van der Waals surface area (Å²) in [4.78, 5) is 12.6. The smallest absolute Gasteiger partial charge is 0.412 e. The van der Waals surface area contributed by atoms with E-state index in [-0.39, 0.29) is 19.0 Å². The fourth-order valence-electron chi connectivity index (χ4n) is 4.43. The molecule has 196 valence electrons. The first kappa shape index (κ1) is 26.6. The Labute approximate surface area is 215 Å². The van der Waals surface area contributed by atoms with Crippen LogP contribution in [0.1, 0.15) is 48.9 Å². The molecule has 1 heterocycles. The van der Waals surface area contributed by atoms with Crippen LogP contribution >= 0.6 is 0 Å². The number of amides is 1. The lowest BCUT2D eigenvalue weighted by Gasteiger charge is -2.30. The van der Waals surface area contributed by atoms with Gasteiger partial charge in [-0.1, -0.05) is 44.2 Å². The molecule has 8 heteroatoms. The van der Waals surface area contributed by atoms with Crippen LogP contribution in [0, 0.1) is 11.6 Å². The Hall–Kier alpha value is -3.49. The molecule has 4 rings (SSSR count). The van der Waals surface area contributed by atoms with Crippen LogP contribution in [0.15, 0.2) is 66.7 Å². The summed E-state index contributed by atoms with van der Waals surface area (Å²) < 4.78 is 38.7. The topological polar surface area (TPSA) is 79.8 Å². The van der Waals surface area contributed by atoms with E-state index >= 15 is 0 Å². The van der Waals surface area contributed by atoms with E-state index < -0.39 is 29.9 Å². The van der Waals surface area contributed by atoms with E-state index in [0.717, 1.165) is 17.4 Å². The molecule has 0 bridgehead atoms. The molecule has 37 heavy (non-hydrogen) atoms. The van der Waals surface area contributed by atoms with Gasteiger partial charge in [0.1, 0.15) is 23.1 Å². The fraction of sp³-hybridized carbons (Fsp3) is 0.345. The summed E-state index contributed by atoms with van der Waals surface area (Å²) in [7, 11) is 0. The Bertz CT molecular complexity index is 1190. The Morgan fingerprint density at radius 2 is 1.81 bits per heavy atom. The minimum atomic E-state index is -1.07. The highest BCUT2D eigenvalue weighted by Gasteiger charge is 2.27. The zero-order valence-electron chi connectivity index (χ0n) is 20.9. The fourth-order valence-corrected chi connectivity index (χ4v) is 4.43. The second kappa shape index (κ2) is 12.2. The van der Waals surface area contributed by atoms with E-state index in [0.29, 0.717) is 30.3 Å². The predicted molar refractivity (Wildman–Crippen MR) is 137 cm³/mol. The summed E-state index contributed by atoms with van der Waals surface area (Å²) in [6.45, 7) is 4.91. The van der Waals surface area contributed by atoms with Gasteiger partial charge >= 0.3 is 6.09 Å². The van der Waals surface area contributed by atoms with Gasteiger partial charge in [0.15, 0.2) is 0 Å². The van der Waals surface area contributed by atoms with Crippen LogP contribution in [-0.4, -0.2) is 36.5 Å². The molecule has 0 aliphatic carbocycles. The number of para-hydroxylation sites is 1. The van der Waals surface area contributed by atoms with Gasteiger partial charge in [-0.05, 0) is 53.8 Å². The summed E-state index contributed by atoms with van der Waals surface area (Å²) in [6.07, 6.45) is -1.13. The van der Waals surface area contributed by atoms with Gasteiger partial charge < -0.3 is 25.2 Å². The number of benzene rings is 3. The van der Waals surface area contributed by atoms with Crippen molar-refractivity contribution in [3.05, 3.63) is 95.1 Å². The summed E-state index contributed by atoms with van der Waals surface area (Å²) in [5, 5.41) is 17.1. The third-order valence-electron chi connectivity index (χ3n) is 6.41. The molecule has 0 saturated heterocycles. The number of nitrogens with one attached hydrogen (secondary N) is 2. The molecule has 1 aliphatic rings. The van der Waals surface area contributed by atoms with E-state index in [1.165, 1.54) is 17.7 Å². The van der Waals surface area contributed by atoms with Crippen molar-refractivity contribution in [3.63, 3.8) is 0 Å². The molecule has 1 aliphatic heterocycles. The van der Waals surface area contributed by atoms with Crippen molar-refractivity contribution >= 4 is 6.09 Å². The minimum absolute atomic E-state index is 0.00325. The average molecular weight is 511 g/mol. The summed E-state index contributed by atoms with van der Waals surface area (Å²) >= 11 is 0. The highest BCUT2D eigenvalue weighted by Crippen LogP contribution is 2.34. The van der Waals surface area contributed by atoms with Crippen LogP contribution in [0.2, 0.25) is 0 Å². The number of aliphatic hydroxyl groups excluding tert-OH is 1. The zero-order valence-corrected chi connectivity index (χ0v) is 20.9. The predicted octanol–water partition coefficient (Wildman–Crippen LogP) is 5.26. The van der Waals surface area contributed by atoms with E-state index in [4.69, 9.17) is 9.47 Å². The van der Waals surface area contributed by atoms with E-state index in [2.05, 4.69) is 36.6 Å². The quantitative estimate of drug-likeness (QED) is 0.366. The number of aliphatic hydroxyl groups is 1. The second-order valence-corrected chi connectivity index (χ2v) is 9.55. The zero-order chi connectivity index (χ0) is 26.4. The Kier molecular flexibility index (Phi) is 8.74. The van der Waals surface area contributed by atoms with Crippen molar-refractivity contribution in [2.75, 3.05) is 13.2 Å². The highest BCUT2D eigenvalue weighted by atomic mass is 19.1. The van der Waals surface area contributed by atoms with Gasteiger partial charge in [0.2, 0.25) is 0 Å². The first-order chi connectivity index (χ1) is 17.8. The summed E-state index contributed by atoms with van der Waals surface area (Å²) in [5.41, 5.74) is 2.51. The number of halogens is 2. The van der Waals surface area contributed by atoms with E-state index in [1.807, 2.05) is 6.07 Å². The number of hydrogen-bond acceptors (Lipinski definition) is 5. The maximum atomic E-state index is 13.8. The van der Waals surface area contributed by atoms with E-state index in [1.54, 1.807) is 30.3 Å². The van der Waals surface area contributed by atoms with Gasteiger partial charge in [0.25, 0.3) is 0 Å². The monoisotopic (exact) mass is 510 g/mol. The molecule has 3 aromatic rings. The second-order valence-electron chi connectivity index (χ2n) is 9.55. The molecule has 0 saturated carbocycles. The first-order valence-corrected chi connectivity index (χ1v) is 12.4. The molecule has 6 nitrogen and oxygen atoms in total. The third-order valence-corrected chi connectivity index (χ3v) is 6.41. The van der Waals surface area contributed by atoms with Crippen LogP contribution < -0.4 is 20.1 Å². The van der Waals surface area contributed by atoms with Crippen molar-refractivity contribution in [3.8, 4) is 11.5 Å². The number of carbonyl (C=O) groups is 1. The van der Waals surface area contributed by atoms with Crippen molar-refractivity contribution in [2.45, 2.75) is 50.8 Å². The molecule has 1 unspecified atom stereocenters. The highest BCUT2D eigenvalue weighted by molar-refractivity contribution is 5.70. The van der Waals surface area contributed by atoms with Crippen LogP contribution in [0.3, 0.4) is 0 Å². The van der Waals surface area contributed by atoms with Gasteiger partial charge in [-0.3, -0.25) is 0 Å². The third kappa shape index (κ3) is 7.27. The van der Waals surface area contributed by atoms with Gasteiger partial charge in [0, 0.05) is 30.6 Å². The standard InChI is InChI=1S/C29H32F2N2O4/c1-18(2)20-8-9-28-24(15-20)25(10-11-36-28)32-17-27(34)26(14-19-12-21(30)16-22(31)13-19)33-29(35)37-23-6-4-3-5-7-23/h3-9,12-13,15-16,18,25-27,32,34H,10-11,14,17H2,1-2H3,(H,33,35)/t25?,26-,27+/m0/s1. The van der Waals surface area contributed by atoms with Crippen LogP contribution in [0.5, 0.6) is 11.5 Å². The number of carbonyl (C=O) groups excluding carboxylic acids is 1. The maximum Gasteiger partial charge on any atom is 0.412 e. The molecule has 1 amide bonds. The lowest BCUT2D eigenvalue weighted by atomic mass is 9.94. The Balaban J connectivity index is 1.48. The van der Waals surface area contributed by atoms with Crippen LogP contribution in [0.4, 0.5) is 13.6 Å². The van der Waals surface area contributed by atoms with Crippen molar-refractivity contribution in [1.29, 1.82) is 0 Å². The largest absolute Gasteiger partial charge is 0.493 e. The molecule has 0 fully saturated rings. The van der Waals surface area contributed by atoms with Crippen molar-refractivity contribution < 1.29 is 28.2 Å². The Morgan fingerprint density at radius 3 is 2.51 bits per heavy atom. The molecular weight excluding hydrogens is 478 g/mol. The first-order valence-electron chi connectivity index (χ1n) is 12.4. The van der Waals surface area contributed by atoms with Crippen molar-refractivity contribution in [2.24, 2.45) is 0 Å². The molecule has 3 N–H and O–H groups in total. The molecule has 0 aromatic heterocycles. The van der Waals surface area contributed by atoms with Gasteiger partial charge in [-0.25, -0.2) is 13.6 Å². The SMILES string of the molecule is CC(C)c1ccc2c(c1)C(NC[C@@H](O)[C@H](Cc1cc(F)cc(F)c1)NC(=O)Oc1ccccc1)CCO2. The number of ether oxygens (including phenoxy) is 2. The van der Waals surface area contributed by atoms with Crippen LogP contribution in [0.25, 0.3) is 0 Å². The molecule has 0 radical (unpaired) electrons. The molecular formula is C29H32F2N2O4. The number of hydrogen-bond donors (Lipinski definition) is 3. The lowest BCUT2D eigenvalue weighted by Crippen LogP contribution is -2.50. The average Bonchev–Trinajstić information content (AvgIpc) is 2.86. The van der Waals surface area contributed by atoms with Gasteiger partial charge in [-0.15, -0.1) is 0 Å². The Morgan fingerprint density at radius 1 is 1.08 bits per heavy atom. The van der Waals surface area contributed by atoms with Gasteiger partial charge in [0.05, 0.1) is 18.8 Å². The van der Waals surface area contributed by atoms with E-state index in [9.17, 15) is 18.7 Å². The molecule has 0 spiro atoms.